The third-order valence-electron chi connectivity index (χ3n) is 7.27. The van der Waals surface area contributed by atoms with Gasteiger partial charge < -0.3 is 31.2 Å². The number of aromatic hydroxyl groups is 2. The summed E-state index contributed by atoms with van der Waals surface area (Å²) in [5.41, 5.74) is 7.62. The smallest absolute Gasteiger partial charge is 0.375 e. The number of fused-ring (bicyclic) bond motifs is 2. The predicted molar refractivity (Wildman–Crippen MR) is 177 cm³/mol. The molecule has 256 valence electrons. The van der Waals surface area contributed by atoms with E-state index in [-0.39, 0.29) is 33.2 Å². The first-order chi connectivity index (χ1) is 23.2. The number of carbonyl (C=O) groups is 3. The summed E-state index contributed by atoms with van der Waals surface area (Å²) < 4.78 is 26.7. The van der Waals surface area contributed by atoms with Crippen molar-refractivity contribution in [2.24, 2.45) is 5.16 Å². The lowest BCUT2D eigenvalue weighted by atomic mass is 10.0. The number of nitrogens with two attached hydrogens (primary N) is 1. The van der Waals surface area contributed by atoms with Gasteiger partial charge in [0, 0.05) is 34.3 Å². The summed E-state index contributed by atoms with van der Waals surface area (Å²) in [6.45, 7) is 3.56. The number of amides is 2. The minimum absolute atomic E-state index is 0.00157. The summed E-state index contributed by atoms with van der Waals surface area (Å²) in [6, 6.07) is 3.74. The van der Waals surface area contributed by atoms with Crippen LogP contribution in [-0.2, 0) is 24.3 Å². The average molecular weight is 748 g/mol. The number of aromatic carboxylic acids is 1. The van der Waals surface area contributed by atoms with E-state index in [0.29, 0.717) is 27.9 Å². The van der Waals surface area contributed by atoms with Crippen molar-refractivity contribution >= 4 is 79.1 Å². The lowest BCUT2D eigenvalue weighted by molar-refractivity contribution is -0.144. The highest BCUT2D eigenvalue weighted by atomic mass is 32.2. The molecule has 1 fully saturated rings. The van der Waals surface area contributed by atoms with Crippen LogP contribution in [0.2, 0.25) is 0 Å². The first-order valence-corrected chi connectivity index (χ1v) is 18.5. The number of anilines is 1. The van der Waals surface area contributed by atoms with Gasteiger partial charge in [0.25, 0.3) is 23.4 Å². The number of nitrogens with one attached hydrogen (secondary N) is 1. The molecule has 18 nitrogen and oxygen atoms in total. The van der Waals surface area contributed by atoms with E-state index in [4.69, 9.17) is 10.6 Å². The Labute approximate surface area is 289 Å². The number of oxime groups is 1. The second kappa shape index (κ2) is 13.2. The monoisotopic (exact) mass is 747 g/mol. The molecule has 0 spiro atoms. The number of hydrogen-bond acceptors (Lipinski definition) is 17. The maximum Gasteiger partial charge on any atom is 0.375 e. The molecule has 0 aliphatic carbocycles. The Morgan fingerprint density at radius 1 is 1.18 bits per heavy atom. The lowest BCUT2D eigenvalue weighted by Gasteiger charge is -2.50. The van der Waals surface area contributed by atoms with Crippen LogP contribution in [0.15, 0.2) is 56.0 Å². The van der Waals surface area contributed by atoms with Gasteiger partial charge in [-0.05, 0) is 37.6 Å². The van der Waals surface area contributed by atoms with E-state index in [2.05, 4.69) is 30.5 Å². The van der Waals surface area contributed by atoms with E-state index in [9.17, 15) is 38.1 Å². The number of carboxylic acid groups (broad SMARTS) is 1. The number of aromatic nitrogens is 5. The van der Waals surface area contributed by atoms with Gasteiger partial charge >= 0.3 is 5.97 Å². The number of allylic oxidation sites excluding steroid dienone is 1. The number of hydrogen-bond donors (Lipinski definition) is 5. The number of aryl methyl sites for hydroxylation is 1. The molecule has 2 aliphatic rings. The molecule has 5 heterocycles. The topological polar surface area (TPSA) is 265 Å². The molecule has 6 rings (SSSR count). The number of thiazole rings is 1. The largest absolute Gasteiger partial charge is 0.504 e. The van der Waals surface area contributed by atoms with E-state index in [1.807, 2.05) is 0 Å². The second-order valence-electron chi connectivity index (χ2n) is 10.5. The number of rotatable bonds is 11. The highest BCUT2D eigenvalue weighted by Gasteiger charge is 2.52. The Morgan fingerprint density at radius 3 is 2.65 bits per heavy atom. The summed E-state index contributed by atoms with van der Waals surface area (Å²) >= 11 is 3.83. The third-order valence-corrected chi connectivity index (χ3v) is 11.8. The normalized spacial score (nSPS) is 18.0. The number of nitrogens with zero attached hydrogens (tertiary/aromatic N) is 7. The molecule has 0 saturated carbocycles. The molecule has 6 N–H and O–H groups in total. The van der Waals surface area contributed by atoms with Gasteiger partial charge in [-0.25, -0.2) is 23.2 Å². The standard InChI is InChI=1S/C27H25N9O9S4/c1-11-5-18(36-27(29-11)32-21(33-36)25(41)42)46-7-13-8-47-24-20(23(40)35(24)12(13)2)31-22(39)19(15-9-48-26(28)30-15)34-45-10-49(43,44)14-3-4-16(37)17(38)6-14/h3-6,9,20,24,37-38H,7-8,10H2,1-2H3,(H2,28,30)(H,31,39)(H,41,42)/b34-19-/t20-,24-/m1/s1. The summed E-state index contributed by atoms with van der Waals surface area (Å²) in [5, 5.41) is 40.6. The molecule has 2 amide bonds. The molecule has 0 bridgehead atoms. The highest BCUT2D eigenvalue weighted by molar-refractivity contribution is 8.01. The Balaban J connectivity index is 1.14. The van der Waals surface area contributed by atoms with Gasteiger partial charge in [-0.3, -0.25) is 14.5 Å². The van der Waals surface area contributed by atoms with Gasteiger partial charge in [0.05, 0.1) is 4.90 Å². The SMILES string of the molecule is CC1=C(CSc2cc(C)nc3nc(C(=O)O)nn23)CS[C@@H]2[C@H](NC(=O)/C(=N\OCS(=O)(=O)c3ccc(O)c(O)c3)c3csc(N)n3)C(=O)N12. The van der Waals surface area contributed by atoms with Crippen LogP contribution >= 0.6 is 34.9 Å². The van der Waals surface area contributed by atoms with E-state index in [1.54, 1.807) is 24.8 Å². The fourth-order valence-electron chi connectivity index (χ4n) is 4.77. The van der Waals surface area contributed by atoms with Crippen LogP contribution in [0, 0.1) is 6.92 Å². The van der Waals surface area contributed by atoms with Crippen LogP contribution in [0.1, 0.15) is 28.9 Å². The summed E-state index contributed by atoms with van der Waals surface area (Å²) in [7, 11) is -4.17. The first-order valence-electron chi connectivity index (χ1n) is 13.9. The molecule has 49 heavy (non-hydrogen) atoms. The summed E-state index contributed by atoms with van der Waals surface area (Å²) in [5.74, 6) is -3.89. The van der Waals surface area contributed by atoms with Crippen molar-refractivity contribution in [3.05, 3.63) is 58.1 Å². The number of phenols is 2. The van der Waals surface area contributed by atoms with Crippen molar-refractivity contribution < 1.29 is 43.0 Å². The number of thioether (sulfide) groups is 2. The van der Waals surface area contributed by atoms with Gasteiger partial charge in [-0.2, -0.15) is 9.50 Å². The molecule has 2 aliphatic heterocycles. The zero-order valence-electron chi connectivity index (χ0n) is 25.3. The molecule has 4 aromatic rings. The summed E-state index contributed by atoms with van der Waals surface area (Å²) in [6.07, 6.45) is 0. The molecule has 0 radical (unpaired) electrons. The number of carboxylic acids is 1. The lowest BCUT2D eigenvalue weighted by Crippen LogP contribution is -2.70. The van der Waals surface area contributed by atoms with Gasteiger partial charge in [0.15, 0.2) is 22.3 Å². The number of benzene rings is 1. The van der Waals surface area contributed by atoms with Crippen LogP contribution in [0.5, 0.6) is 11.5 Å². The number of nitrogen functional groups attached to an aromatic ring is 1. The van der Waals surface area contributed by atoms with Crippen LogP contribution in [-0.4, -0.2) is 106 Å². The van der Waals surface area contributed by atoms with Crippen LogP contribution < -0.4 is 11.1 Å². The molecule has 22 heteroatoms. The Hall–Kier alpha value is -4.93. The average Bonchev–Trinajstić information content (AvgIpc) is 3.68. The zero-order valence-corrected chi connectivity index (χ0v) is 28.6. The number of phenolic OH excluding ortho intramolecular Hbond substituents is 2. The first kappa shape index (κ1) is 34.0. The number of β-lactam (4-membered cyclic amide) rings is 1. The minimum atomic E-state index is -4.17. The number of sulfone groups is 1. The second-order valence-corrected chi connectivity index (χ2v) is 15.5. The van der Waals surface area contributed by atoms with Gasteiger partial charge in [0.1, 0.15) is 22.1 Å². The van der Waals surface area contributed by atoms with Crippen molar-refractivity contribution in [1.82, 2.24) is 34.8 Å². The molecule has 0 unspecified atom stereocenters. The van der Waals surface area contributed by atoms with Gasteiger partial charge in [0.2, 0.25) is 15.8 Å². The minimum Gasteiger partial charge on any atom is -0.504 e. The van der Waals surface area contributed by atoms with Crippen LogP contribution in [0.25, 0.3) is 5.78 Å². The van der Waals surface area contributed by atoms with E-state index in [0.717, 1.165) is 35.1 Å². The van der Waals surface area contributed by atoms with E-state index in [1.165, 1.54) is 33.4 Å². The molecular weight excluding hydrogens is 723 g/mol. The Bertz CT molecular complexity index is 2200. The fourth-order valence-corrected chi connectivity index (χ4v) is 8.95. The predicted octanol–water partition coefficient (Wildman–Crippen LogP) is 1.20. The van der Waals surface area contributed by atoms with Crippen LogP contribution in [0.4, 0.5) is 5.13 Å². The zero-order chi connectivity index (χ0) is 35.2. The van der Waals surface area contributed by atoms with Crippen molar-refractivity contribution in [3.8, 4) is 11.5 Å². The Kier molecular flexibility index (Phi) is 9.13. The van der Waals surface area contributed by atoms with Crippen molar-refractivity contribution in [2.75, 3.05) is 23.2 Å². The molecule has 1 aromatic carbocycles. The van der Waals surface area contributed by atoms with Crippen LogP contribution in [0.3, 0.4) is 0 Å². The Morgan fingerprint density at radius 2 is 1.96 bits per heavy atom. The summed E-state index contributed by atoms with van der Waals surface area (Å²) in [4.78, 5) is 56.6. The number of carbonyl (C=O) groups excluding carboxylic acids is 2. The third kappa shape index (κ3) is 6.71. The maximum absolute atomic E-state index is 13.4. The van der Waals surface area contributed by atoms with Crippen molar-refractivity contribution in [3.63, 3.8) is 0 Å². The quantitative estimate of drug-likeness (QED) is 0.0360. The van der Waals surface area contributed by atoms with Gasteiger partial charge in [-0.15, -0.1) is 40.0 Å². The highest BCUT2D eigenvalue weighted by Crippen LogP contribution is 2.41. The molecule has 3 aromatic heterocycles. The molecule has 2 atom stereocenters. The van der Waals surface area contributed by atoms with Crippen molar-refractivity contribution in [2.45, 2.75) is 35.2 Å². The van der Waals surface area contributed by atoms with E-state index < -0.39 is 56.3 Å². The maximum atomic E-state index is 13.4. The van der Waals surface area contributed by atoms with Crippen molar-refractivity contribution in [1.29, 1.82) is 0 Å². The fraction of sp³-hybridized carbons (Fsp3) is 0.259. The van der Waals surface area contributed by atoms with E-state index >= 15 is 0 Å². The molecule has 1 saturated heterocycles. The van der Waals surface area contributed by atoms with Gasteiger partial charge in [-0.1, -0.05) is 5.16 Å². The molecular formula is C27H25N9O9S4.